The third-order valence-electron chi connectivity index (χ3n) is 4.78. The van der Waals surface area contributed by atoms with Crippen molar-refractivity contribution in [1.82, 2.24) is 15.3 Å². The number of nitrogens with two attached hydrogens (primary N) is 1. The van der Waals surface area contributed by atoms with Gasteiger partial charge in [-0.1, -0.05) is 17.8 Å². The zero-order chi connectivity index (χ0) is 24.1. The van der Waals surface area contributed by atoms with Crippen molar-refractivity contribution in [3.05, 3.63) is 63.9 Å². The lowest BCUT2D eigenvalue weighted by Gasteiger charge is -2.09. The van der Waals surface area contributed by atoms with E-state index in [0.29, 0.717) is 29.4 Å². The van der Waals surface area contributed by atoms with E-state index in [-0.39, 0.29) is 35.1 Å². The first-order valence-corrected chi connectivity index (χ1v) is 11.0. The molecule has 1 aromatic heterocycles. The summed E-state index contributed by atoms with van der Waals surface area (Å²) in [5.41, 5.74) is 6.26. The number of carbonyl (C=O) groups excluding carboxylic acids is 2. The van der Waals surface area contributed by atoms with Crippen molar-refractivity contribution in [2.24, 2.45) is 0 Å². The van der Waals surface area contributed by atoms with Gasteiger partial charge < -0.3 is 30.6 Å². The van der Waals surface area contributed by atoms with Gasteiger partial charge in [0.25, 0.3) is 11.5 Å². The van der Waals surface area contributed by atoms with Gasteiger partial charge in [0.15, 0.2) is 22.5 Å². The Bertz CT molecular complexity index is 1280. The van der Waals surface area contributed by atoms with E-state index in [9.17, 15) is 14.4 Å². The monoisotopic (exact) mass is 483 g/mol. The number of aromatic nitrogens is 2. The van der Waals surface area contributed by atoms with Crippen LogP contribution >= 0.6 is 11.8 Å². The lowest BCUT2D eigenvalue weighted by atomic mass is 10.2. The summed E-state index contributed by atoms with van der Waals surface area (Å²) < 4.78 is 15.6. The Morgan fingerprint density at radius 3 is 2.68 bits per heavy atom. The lowest BCUT2D eigenvalue weighted by Crippen LogP contribution is -2.25. The molecule has 0 saturated carbocycles. The molecular weight excluding hydrogens is 462 g/mol. The maximum Gasteiger partial charge on any atom is 0.277 e. The highest BCUT2D eigenvalue weighted by Crippen LogP contribution is 2.32. The molecule has 0 spiro atoms. The van der Waals surface area contributed by atoms with Crippen LogP contribution in [-0.4, -0.2) is 41.4 Å². The van der Waals surface area contributed by atoms with Crippen LogP contribution in [0, 0.1) is 0 Å². The first-order valence-electron chi connectivity index (χ1n) is 10.1. The summed E-state index contributed by atoms with van der Waals surface area (Å²) in [6.07, 6.45) is 0. The highest BCUT2D eigenvalue weighted by atomic mass is 32.2. The summed E-state index contributed by atoms with van der Waals surface area (Å²) in [5, 5.41) is 5.40. The average Bonchev–Trinajstić information content (AvgIpc) is 3.31. The maximum atomic E-state index is 12.4. The number of nitrogens with zero attached hydrogens (tertiary/aromatic N) is 1. The van der Waals surface area contributed by atoms with Crippen LogP contribution in [0.4, 0.5) is 11.5 Å². The molecular formula is C22H21N5O6S. The minimum atomic E-state index is -0.627. The number of amides is 2. The summed E-state index contributed by atoms with van der Waals surface area (Å²) in [6.45, 7) is 0.485. The molecule has 0 atom stereocenters. The summed E-state index contributed by atoms with van der Waals surface area (Å²) in [4.78, 5) is 43.6. The molecule has 12 heteroatoms. The molecule has 0 unspecified atom stereocenters. The standard InChI is InChI=1S/C22H21N5O6S/c1-31-14-5-3-13(4-6-14)20(29)25-18-19(23)26-22(27-21(18)30)34-10-17(28)24-9-12-2-7-15-16(8-12)33-11-32-15/h2-8H,9-11H2,1H3,(H,24,28)(H,25,29)(H3,23,26,27,30). The fraction of sp³-hybridized carbons (Fsp3) is 0.182. The van der Waals surface area contributed by atoms with E-state index in [1.807, 2.05) is 6.07 Å². The molecule has 0 radical (unpaired) electrons. The van der Waals surface area contributed by atoms with E-state index in [1.54, 1.807) is 36.4 Å². The fourth-order valence-electron chi connectivity index (χ4n) is 3.02. The molecule has 0 bridgehead atoms. The average molecular weight is 484 g/mol. The van der Waals surface area contributed by atoms with Gasteiger partial charge in [0.05, 0.1) is 12.9 Å². The third-order valence-corrected chi connectivity index (χ3v) is 5.66. The van der Waals surface area contributed by atoms with Gasteiger partial charge in [-0.15, -0.1) is 0 Å². The van der Waals surface area contributed by atoms with Crippen molar-refractivity contribution in [1.29, 1.82) is 0 Å². The first kappa shape index (κ1) is 23.0. The maximum absolute atomic E-state index is 12.4. The van der Waals surface area contributed by atoms with Crippen LogP contribution in [-0.2, 0) is 11.3 Å². The molecule has 2 amide bonds. The summed E-state index contributed by atoms with van der Waals surface area (Å²) in [5.74, 6) is 0.959. The van der Waals surface area contributed by atoms with Crippen LogP contribution in [0.5, 0.6) is 17.2 Å². The fourth-order valence-corrected chi connectivity index (χ4v) is 3.72. The van der Waals surface area contributed by atoms with Crippen LogP contribution in [0.15, 0.2) is 52.4 Å². The summed E-state index contributed by atoms with van der Waals surface area (Å²) >= 11 is 1.01. The Morgan fingerprint density at radius 2 is 1.94 bits per heavy atom. The van der Waals surface area contributed by atoms with Crippen LogP contribution in [0.2, 0.25) is 0 Å². The van der Waals surface area contributed by atoms with E-state index < -0.39 is 11.5 Å². The van der Waals surface area contributed by atoms with E-state index in [0.717, 1.165) is 17.3 Å². The quantitative estimate of drug-likeness (QED) is 0.277. The minimum absolute atomic E-state index is 0.00445. The van der Waals surface area contributed by atoms with Crippen molar-refractivity contribution < 1.29 is 23.8 Å². The van der Waals surface area contributed by atoms with Crippen molar-refractivity contribution in [3.63, 3.8) is 0 Å². The smallest absolute Gasteiger partial charge is 0.277 e. The molecule has 34 heavy (non-hydrogen) atoms. The van der Waals surface area contributed by atoms with Gasteiger partial charge in [-0.3, -0.25) is 19.4 Å². The first-order chi connectivity index (χ1) is 16.4. The second-order valence-corrected chi connectivity index (χ2v) is 8.03. The predicted octanol–water partition coefficient (Wildman–Crippen LogP) is 1.75. The number of methoxy groups -OCH3 is 1. The number of ether oxygens (including phenoxy) is 3. The number of hydrogen-bond acceptors (Lipinski definition) is 9. The number of hydrogen-bond donors (Lipinski definition) is 4. The number of nitrogens with one attached hydrogen (secondary N) is 3. The van der Waals surface area contributed by atoms with Crippen molar-refractivity contribution in [2.45, 2.75) is 11.7 Å². The minimum Gasteiger partial charge on any atom is -0.497 e. The van der Waals surface area contributed by atoms with Crippen LogP contribution in [0.25, 0.3) is 0 Å². The van der Waals surface area contributed by atoms with E-state index >= 15 is 0 Å². The Balaban J connectivity index is 1.31. The van der Waals surface area contributed by atoms with Crippen LogP contribution in [0.1, 0.15) is 15.9 Å². The normalized spacial score (nSPS) is 11.7. The Hall–Kier alpha value is -4.19. The molecule has 11 nitrogen and oxygen atoms in total. The number of fused-ring (bicyclic) bond motifs is 1. The second-order valence-electron chi connectivity index (χ2n) is 7.07. The number of carbonyl (C=O) groups is 2. The van der Waals surface area contributed by atoms with Crippen LogP contribution in [0.3, 0.4) is 0 Å². The number of benzene rings is 2. The zero-order valence-electron chi connectivity index (χ0n) is 18.0. The SMILES string of the molecule is COc1ccc(C(=O)Nc2c(N)nc(SCC(=O)NCc3ccc4c(c3)OCO4)[nH]c2=O)cc1. The number of anilines is 2. The number of thioether (sulfide) groups is 1. The Morgan fingerprint density at radius 1 is 1.18 bits per heavy atom. The Kier molecular flexibility index (Phi) is 6.87. The number of rotatable bonds is 8. The molecule has 176 valence electrons. The predicted molar refractivity (Wildman–Crippen MR) is 125 cm³/mol. The molecule has 3 aromatic rings. The lowest BCUT2D eigenvalue weighted by molar-refractivity contribution is -0.118. The van der Waals surface area contributed by atoms with Crippen molar-refractivity contribution in [3.8, 4) is 17.2 Å². The molecule has 2 aromatic carbocycles. The van der Waals surface area contributed by atoms with E-state index in [4.69, 9.17) is 19.9 Å². The zero-order valence-corrected chi connectivity index (χ0v) is 18.9. The van der Waals surface area contributed by atoms with Gasteiger partial charge in [-0.25, -0.2) is 4.98 Å². The summed E-state index contributed by atoms with van der Waals surface area (Å²) in [6, 6.07) is 11.8. The van der Waals surface area contributed by atoms with Gasteiger partial charge in [-0.05, 0) is 42.0 Å². The summed E-state index contributed by atoms with van der Waals surface area (Å²) in [7, 11) is 1.52. The molecule has 1 aliphatic heterocycles. The molecule has 4 rings (SSSR count). The largest absolute Gasteiger partial charge is 0.497 e. The van der Waals surface area contributed by atoms with E-state index in [2.05, 4.69) is 20.6 Å². The van der Waals surface area contributed by atoms with E-state index in [1.165, 1.54) is 7.11 Å². The van der Waals surface area contributed by atoms with Crippen LogP contribution < -0.4 is 36.1 Å². The second kappa shape index (κ2) is 10.2. The third kappa shape index (κ3) is 5.41. The van der Waals surface area contributed by atoms with Gasteiger partial charge in [0.1, 0.15) is 11.4 Å². The molecule has 0 aliphatic carbocycles. The highest BCUT2D eigenvalue weighted by molar-refractivity contribution is 7.99. The van der Waals surface area contributed by atoms with Crippen molar-refractivity contribution in [2.75, 3.05) is 30.7 Å². The van der Waals surface area contributed by atoms with Gasteiger partial charge in [-0.2, -0.15) is 0 Å². The molecule has 1 aliphatic rings. The molecule has 2 heterocycles. The molecule has 5 N–H and O–H groups in total. The molecule has 0 fully saturated rings. The highest BCUT2D eigenvalue weighted by Gasteiger charge is 2.16. The van der Waals surface area contributed by atoms with Gasteiger partial charge >= 0.3 is 0 Å². The van der Waals surface area contributed by atoms with Gasteiger partial charge in [0.2, 0.25) is 12.7 Å². The topological polar surface area (TPSA) is 158 Å². The number of aromatic amines is 1. The number of H-pyrrole nitrogens is 1. The van der Waals surface area contributed by atoms with Gasteiger partial charge in [0, 0.05) is 12.1 Å². The Labute approximate surface area is 198 Å². The molecule has 0 saturated heterocycles. The van der Waals surface area contributed by atoms with Crippen molar-refractivity contribution >= 4 is 35.1 Å². The number of nitrogen functional groups attached to an aromatic ring is 1.